The number of hydrogen-bond donors (Lipinski definition) is 1. The van der Waals surface area contributed by atoms with Crippen LogP contribution < -0.4 is 10.1 Å². The third kappa shape index (κ3) is 2.42. The van der Waals surface area contributed by atoms with Gasteiger partial charge in [0.1, 0.15) is 0 Å². The molecule has 1 aromatic carbocycles. The van der Waals surface area contributed by atoms with Gasteiger partial charge in [-0.1, -0.05) is 11.6 Å². The number of methoxy groups -OCH3 is 1. The number of ether oxygens (including phenoxy) is 1. The molecule has 1 amide bonds. The second-order valence-corrected chi connectivity index (χ2v) is 3.80. The van der Waals surface area contributed by atoms with Crippen LogP contribution in [0.2, 0.25) is 5.02 Å². The Kier molecular flexibility index (Phi) is 3.58. The fraction of sp³-hybridized carbons (Fsp3) is 0.364. The molecule has 0 fully saturated rings. The van der Waals surface area contributed by atoms with Gasteiger partial charge < -0.3 is 10.1 Å². The molecule has 4 heteroatoms. The second kappa shape index (κ2) is 4.53. The summed E-state index contributed by atoms with van der Waals surface area (Å²) < 4.78 is 5.17. The first kappa shape index (κ1) is 11.9. The van der Waals surface area contributed by atoms with E-state index in [1.165, 1.54) is 14.0 Å². The predicted octanol–water partition coefficient (Wildman–Crippen LogP) is 2.92. The van der Waals surface area contributed by atoms with Gasteiger partial charge in [-0.05, 0) is 31.0 Å². The summed E-state index contributed by atoms with van der Waals surface area (Å²) in [5, 5.41) is 3.23. The van der Waals surface area contributed by atoms with Gasteiger partial charge in [0, 0.05) is 6.92 Å². The van der Waals surface area contributed by atoms with Crippen LogP contribution in [0.15, 0.2) is 6.07 Å². The number of aryl methyl sites for hydroxylation is 1. The molecule has 0 aliphatic carbocycles. The lowest BCUT2D eigenvalue weighted by atomic mass is 10.1. The minimum Gasteiger partial charge on any atom is -0.493 e. The van der Waals surface area contributed by atoms with E-state index >= 15 is 0 Å². The van der Waals surface area contributed by atoms with E-state index in [1.807, 2.05) is 19.9 Å². The molecule has 0 saturated carbocycles. The van der Waals surface area contributed by atoms with E-state index < -0.39 is 0 Å². The predicted molar refractivity (Wildman–Crippen MR) is 61.8 cm³/mol. The lowest BCUT2D eigenvalue weighted by molar-refractivity contribution is -0.114. The molecule has 0 aromatic heterocycles. The van der Waals surface area contributed by atoms with Gasteiger partial charge in [0.25, 0.3) is 0 Å². The summed E-state index contributed by atoms with van der Waals surface area (Å²) in [6, 6.07) is 1.82. The first-order valence-electron chi connectivity index (χ1n) is 4.58. The minimum absolute atomic E-state index is 0.141. The lowest BCUT2D eigenvalue weighted by Crippen LogP contribution is -2.09. The maximum absolute atomic E-state index is 11.0. The van der Waals surface area contributed by atoms with Crippen molar-refractivity contribution in [3.8, 4) is 5.75 Å². The van der Waals surface area contributed by atoms with E-state index in [0.717, 1.165) is 11.1 Å². The van der Waals surface area contributed by atoms with Crippen molar-refractivity contribution in [2.75, 3.05) is 12.4 Å². The zero-order valence-corrected chi connectivity index (χ0v) is 10.0. The van der Waals surface area contributed by atoms with Crippen molar-refractivity contribution in [1.29, 1.82) is 0 Å². The third-order valence-electron chi connectivity index (χ3n) is 2.26. The number of hydrogen-bond acceptors (Lipinski definition) is 2. The van der Waals surface area contributed by atoms with Crippen LogP contribution in [0.1, 0.15) is 18.1 Å². The summed E-state index contributed by atoms with van der Waals surface area (Å²) in [7, 11) is 1.53. The van der Waals surface area contributed by atoms with Gasteiger partial charge in [-0.15, -0.1) is 0 Å². The number of anilines is 1. The van der Waals surface area contributed by atoms with E-state index in [4.69, 9.17) is 16.3 Å². The fourth-order valence-electron chi connectivity index (χ4n) is 1.38. The molecule has 0 aliphatic heterocycles. The van der Waals surface area contributed by atoms with Crippen LogP contribution in [0.3, 0.4) is 0 Å². The molecule has 0 spiro atoms. The number of nitrogens with one attached hydrogen (secondary N) is 1. The number of rotatable bonds is 2. The summed E-state index contributed by atoms with van der Waals surface area (Å²) in [6.45, 7) is 5.31. The van der Waals surface area contributed by atoms with Crippen LogP contribution in [-0.2, 0) is 4.79 Å². The highest BCUT2D eigenvalue weighted by molar-refractivity contribution is 6.32. The highest BCUT2D eigenvalue weighted by Crippen LogP contribution is 2.37. The second-order valence-electron chi connectivity index (χ2n) is 3.39. The Hall–Kier alpha value is -1.22. The van der Waals surface area contributed by atoms with E-state index in [2.05, 4.69) is 5.32 Å². The Morgan fingerprint density at radius 3 is 2.53 bits per heavy atom. The molecule has 1 aromatic rings. The molecule has 1 N–H and O–H groups in total. The van der Waals surface area contributed by atoms with Gasteiger partial charge in [-0.2, -0.15) is 0 Å². The highest BCUT2D eigenvalue weighted by Gasteiger charge is 2.14. The molecular weight excluding hydrogens is 214 g/mol. The van der Waals surface area contributed by atoms with Gasteiger partial charge in [0.05, 0.1) is 17.8 Å². The van der Waals surface area contributed by atoms with Gasteiger partial charge in [-0.25, -0.2) is 0 Å². The monoisotopic (exact) mass is 227 g/mol. The van der Waals surface area contributed by atoms with Crippen molar-refractivity contribution in [2.24, 2.45) is 0 Å². The molecule has 82 valence electrons. The molecular formula is C11H14ClNO2. The molecule has 15 heavy (non-hydrogen) atoms. The first-order chi connectivity index (χ1) is 6.97. The fourth-order valence-corrected chi connectivity index (χ4v) is 1.71. The number of amides is 1. The van der Waals surface area contributed by atoms with Crippen LogP contribution >= 0.6 is 11.6 Å². The molecule has 0 heterocycles. The molecule has 0 radical (unpaired) electrons. The van der Waals surface area contributed by atoms with Gasteiger partial charge in [0.15, 0.2) is 5.75 Å². The number of benzene rings is 1. The SMILES string of the molecule is COc1c(Cl)cc(C)c(C)c1NC(C)=O. The van der Waals surface area contributed by atoms with E-state index in [0.29, 0.717) is 16.5 Å². The van der Waals surface area contributed by atoms with Crippen molar-refractivity contribution in [1.82, 2.24) is 0 Å². The van der Waals surface area contributed by atoms with Crippen LogP contribution in [0.5, 0.6) is 5.75 Å². The van der Waals surface area contributed by atoms with Crippen molar-refractivity contribution >= 4 is 23.2 Å². The maximum atomic E-state index is 11.0. The Bertz CT molecular complexity index is 402. The van der Waals surface area contributed by atoms with Gasteiger partial charge in [-0.3, -0.25) is 4.79 Å². The van der Waals surface area contributed by atoms with Crippen LogP contribution in [0.25, 0.3) is 0 Å². The smallest absolute Gasteiger partial charge is 0.221 e. The summed E-state index contributed by atoms with van der Waals surface area (Å²) in [5.41, 5.74) is 2.63. The number of carbonyl (C=O) groups is 1. The Morgan fingerprint density at radius 1 is 1.47 bits per heavy atom. The van der Waals surface area contributed by atoms with Crippen LogP contribution in [0, 0.1) is 13.8 Å². The molecule has 3 nitrogen and oxygen atoms in total. The molecule has 0 bridgehead atoms. The average molecular weight is 228 g/mol. The summed E-state index contributed by atoms with van der Waals surface area (Å²) in [4.78, 5) is 11.0. The Labute approximate surface area is 94.4 Å². The van der Waals surface area contributed by atoms with E-state index in [1.54, 1.807) is 0 Å². The minimum atomic E-state index is -0.141. The van der Waals surface area contributed by atoms with Crippen molar-refractivity contribution in [3.63, 3.8) is 0 Å². The molecule has 0 saturated heterocycles. The van der Waals surface area contributed by atoms with E-state index in [9.17, 15) is 4.79 Å². The molecule has 0 atom stereocenters. The van der Waals surface area contributed by atoms with Gasteiger partial charge >= 0.3 is 0 Å². The summed E-state index contributed by atoms with van der Waals surface area (Å²) >= 11 is 6.01. The zero-order valence-electron chi connectivity index (χ0n) is 9.27. The highest BCUT2D eigenvalue weighted by atomic mass is 35.5. The Morgan fingerprint density at radius 2 is 2.07 bits per heavy atom. The van der Waals surface area contributed by atoms with Crippen molar-refractivity contribution in [3.05, 3.63) is 22.2 Å². The maximum Gasteiger partial charge on any atom is 0.221 e. The topological polar surface area (TPSA) is 38.3 Å². The number of carbonyl (C=O) groups excluding carboxylic acids is 1. The zero-order chi connectivity index (χ0) is 11.6. The Balaban J connectivity index is 3.36. The standard InChI is InChI=1S/C11H14ClNO2/c1-6-5-9(12)11(15-4)10(7(6)2)13-8(3)14/h5H,1-4H3,(H,13,14). The number of halogens is 1. The lowest BCUT2D eigenvalue weighted by Gasteiger charge is -2.15. The average Bonchev–Trinajstić information content (AvgIpc) is 2.13. The third-order valence-corrected chi connectivity index (χ3v) is 2.54. The molecule has 1 rings (SSSR count). The van der Waals surface area contributed by atoms with Gasteiger partial charge in [0.2, 0.25) is 5.91 Å². The van der Waals surface area contributed by atoms with E-state index in [-0.39, 0.29) is 5.91 Å². The van der Waals surface area contributed by atoms with Crippen LogP contribution in [-0.4, -0.2) is 13.0 Å². The molecule has 0 aliphatic rings. The van der Waals surface area contributed by atoms with Crippen LogP contribution in [0.4, 0.5) is 5.69 Å². The largest absolute Gasteiger partial charge is 0.493 e. The normalized spacial score (nSPS) is 9.93. The van der Waals surface area contributed by atoms with Crippen molar-refractivity contribution in [2.45, 2.75) is 20.8 Å². The quantitative estimate of drug-likeness (QED) is 0.844. The molecule has 0 unspecified atom stereocenters. The van der Waals surface area contributed by atoms with Crippen molar-refractivity contribution < 1.29 is 9.53 Å². The summed E-state index contributed by atoms with van der Waals surface area (Å²) in [5.74, 6) is 0.369. The first-order valence-corrected chi connectivity index (χ1v) is 4.96. The summed E-state index contributed by atoms with van der Waals surface area (Å²) in [6.07, 6.45) is 0.